The summed E-state index contributed by atoms with van der Waals surface area (Å²) in [5.74, 6) is -0.0613. The van der Waals surface area contributed by atoms with Gasteiger partial charge in [-0.3, -0.25) is 14.9 Å². The number of ketones is 1. The van der Waals surface area contributed by atoms with Gasteiger partial charge in [0, 0.05) is 34.6 Å². The van der Waals surface area contributed by atoms with E-state index < -0.39 is 27.7 Å². The Balaban J connectivity index is 0.000000194. The maximum atomic E-state index is 12.9. The van der Waals surface area contributed by atoms with Crippen LogP contribution in [-0.2, 0) is 4.74 Å². The number of hydrogen-bond donors (Lipinski definition) is 0. The maximum absolute atomic E-state index is 12.9. The minimum absolute atomic E-state index is 0.0292. The molecule has 1 atom stereocenters. The summed E-state index contributed by atoms with van der Waals surface area (Å²) in [6.45, 7) is 9.12. The summed E-state index contributed by atoms with van der Waals surface area (Å²) in [6, 6.07) is 37.9. The van der Waals surface area contributed by atoms with Crippen LogP contribution in [-0.4, -0.2) is 40.0 Å². The van der Waals surface area contributed by atoms with E-state index in [9.17, 15) is 24.5 Å². The number of methoxy groups -OCH3 is 1. The molecular weight excluding hydrogens is 745 g/mol. The van der Waals surface area contributed by atoms with Gasteiger partial charge in [0.05, 0.1) is 27.8 Å². The molecule has 0 amide bonds. The number of fused-ring (bicyclic) bond motifs is 2. The second-order valence-corrected chi connectivity index (χ2v) is 15.2. The molecule has 0 spiro atoms. The molecule has 1 unspecified atom stereocenters. The maximum Gasteiger partial charge on any atom is 0.351 e. The largest absolute Gasteiger partial charge is 0.487 e. The molecule has 2 aromatic heterocycles. The van der Waals surface area contributed by atoms with Crippen molar-refractivity contribution >= 4 is 50.0 Å². The predicted molar refractivity (Wildman–Crippen MR) is 221 cm³/mol. The van der Waals surface area contributed by atoms with Crippen LogP contribution in [0.5, 0.6) is 11.5 Å². The van der Waals surface area contributed by atoms with Crippen molar-refractivity contribution in [3.63, 3.8) is 0 Å². The Morgan fingerprint density at radius 3 is 2.21 bits per heavy atom. The van der Waals surface area contributed by atoms with Crippen LogP contribution in [0.4, 0.5) is 5.69 Å². The molecule has 0 radical (unpaired) electrons. The second kappa shape index (κ2) is 16.6. The lowest BCUT2D eigenvalue weighted by Crippen LogP contribution is -2.38. The first-order valence-corrected chi connectivity index (χ1v) is 18.8. The Hall–Kier alpha value is -6.66. The van der Waals surface area contributed by atoms with Crippen LogP contribution >= 0.6 is 11.3 Å². The Morgan fingerprint density at radius 2 is 1.49 bits per heavy atom. The number of nitrogens with zero attached hydrogens (tertiary/aromatic N) is 2. The second-order valence-electron chi connectivity index (χ2n) is 14.2. The number of benzene rings is 5. The van der Waals surface area contributed by atoms with E-state index >= 15 is 0 Å². The van der Waals surface area contributed by atoms with Gasteiger partial charge >= 0.3 is 11.6 Å². The highest BCUT2D eigenvalue weighted by Gasteiger charge is 2.34. The van der Waals surface area contributed by atoms with Crippen molar-refractivity contribution < 1.29 is 33.1 Å². The average Bonchev–Trinajstić information content (AvgIpc) is 3.64. The van der Waals surface area contributed by atoms with Crippen molar-refractivity contribution in [1.82, 2.24) is 4.98 Å². The van der Waals surface area contributed by atoms with E-state index in [2.05, 4.69) is 10.8 Å². The number of nitro benzene ring substituents is 1. The smallest absolute Gasteiger partial charge is 0.351 e. The number of hydrogen-bond acceptors (Lipinski definition) is 11. The highest BCUT2D eigenvalue weighted by molar-refractivity contribution is 7.21. The Labute approximate surface area is 332 Å². The van der Waals surface area contributed by atoms with Gasteiger partial charge in [0.1, 0.15) is 33.3 Å². The minimum Gasteiger partial charge on any atom is -0.487 e. The van der Waals surface area contributed by atoms with Gasteiger partial charge in [0.25, 0.3) is 5.69 Å². The molecule has 0 aliphatic heterocycles. The van der Waals surface area contributed by atoms with Gasteiger partial charge in [-0.2, -0.15) is 0 Å². The van der Waals surface area contributed by atoms with Gasteiger partial charge in [-0.05, 0) is 70.2 Å². The number of nitro groups is 1. The Kier molecular flexibility index (Phi) is 11.7. The van der Waals surface area contributed by atoms with Crippen LogP contribution in [0.2, 0.25) is 0 Å². The van der Waals surface area contributed by atoms with Crippen molar-refractivity contribution in [2.24, 2.45) is 0 Å². The van der Waals surface area contributed by atoms with E-state index in [-0.39, 0.29) is 28.5 Å². The molecule has 0 saturated heterocycles. The summed E-state index contributed by atoms with van der Waals surface area (Å²) in [5.41, 5.74) is 0.533. The number of Topliss-reactive ketones (excluding diaryl/α,β-unsaturated/α-hetero) is 1. The summed E-state index contributed by atoms with van der Waals surface area (Å²) >= 11 is 1.62. The highest BCUT2D eigenvalue weighted by Crippen LogP contribution is 2.39. The third-order valence-corrected chi connectivity index (χ3v) is 10.6. The van der Waals surface area contributed by atoms with E-state index in [1.165, 1.54) is 19.2 Å². The summed E-state index contributed by atoms with van der Waals surface area (Å²) < 4.78 is 23.3. The molecular formula is C45H40N2O9S. The molecule has 2 heterocycles. The van der Waals surface area contributed by atoms with Crippen LogP contribution in [0.3, 0.4) is 0 Å². The summed E-state index contributed by atoms with van der Waals surface area (Å²) in [4.78, 5) is 52.3. The lowest BCUT2D eigenvalue weighted by molar-refractivity contribution is -0.385. The topological polar surface area (TPSA) is 148 Å². The van der Waals surface area contributed by atoms with Crippen LogP contribution in [0.25, 0.3) is 31.8 Å². The fourth-order valence-electron chi connectivity index (χ4n) is 6.17. The van der Waals surface area contributed by atoms with E-state index in [1.807, 2.05) is 93.6 Å². The quantitative estimate of drug-likeness (QED) is 0.0408. The molecule has 0 N–H and O–H groups in total. The lowest BCUT2D eigenvalue weighted by Gasteiger charge is -2.33. The predicted octanol–water partition coefficient (Wildman–Crippen LogP) is 10.5. The zero-order chi connectivity index (χ0) is 40.9. The van der Waals surface area contributed by atoms with E-state index in [1.54, 1.807) is 61.6 Å². The number of esters is 1. The monoisotopic (exact) mass is 784 g/mol. The number of rotatable bonds is 11. The number of carbonyl (C=O) groups excluding carboxylic acids is 2. The molecule has 290 valence electrons. The van der Waals surface area contributed by atoms with Crippen LogP contribution in [0, 0.1) is 10.1 Å². The first-order chi connectivity index (χ1) is 27.2. The molecule has 57 heavy (non-hydrogen) atoms. The molecule has 0 fully saturated rings. The third-order valence-electron chi connectivity index (χ3n) is 9.50. The molecule has 5 aromatic carbocycles. The zero-order valence-electron chi connectivity index (χ0n) is 32.2. The molecule has 7 aromatic rings. The summed E-state index contributed by atoms with van der Waals surface area (Å²) in [7, 11) is 1.18. The van der Waals surface area contributed by atoms with Crippen LogP contribution < -0.4 is 15.1 Å². The Morgan fingerprint density at radius 1 is 0.825 bits per heavy atom. The van der Waals surface area contributed by atoms with Gasteiger partial charge in [-0.15, -0.1) is 11.3 Å². The SMILES string of the molecule is CC(C)(Oc1ccccc1-c1nc2ccccc2s1)C(=O)c1ccccc1.COC(=O)c1cc2ccc(OC(C)(C)C(C)c3ccccc3[N+](=O)[O-])cc2oc1=O. The minimum atomic E-state index is -0.992. The fraction of sp³-hybridized carbons (Fsp3) is 0.200. The van der Waals surface area contributed by atoms with Gasteiger partial charge in [-0.25, -0.2) is 14.6 Å². The van der Waals surface area contributed by atoms with Crippen LogP contribution in [0.1, 0.15) is 66.8 Å². The Bertz CT molecular complexity index is 2610. The molecule has 12 heteroatoms. The zero-order valence-corrected chi connectivity index (χ0v) is 33.0. The van der Waals surface area contributed by atoms with Gasteiger partial charge in [-0.1, -0.05) is 79.7 Å². The number of carbonyl (C=O) groups is 2. The van der Waals surface area contributed by atoms with Crippen molar-refractivity contribution in [3.8, 4) is 22.1 Å². The fourth-order valence-corrected chi connectivity index (χ4v) is 7.17. The molecule has 0 saturated carbocycles. The van der Waals surface area contributed by atoms with Crippen molar-refractivity contribution in [3.05, 3.63) is 165 Å². The van der Waals surface area contributed by atoms with Gasteiger partial charge in [0.2, 0.25) is 5.78 Å². The first-order valence-electron chi connectivity index (χ1n) is 18.0. The number of aromatic nitrogens is 1. The third kappa shape index (κ3) is 8.92. The standard InChI is InChI=1S/C23H19NO2S.C22H21NO7/c1-23(2,21(25)16-10-4-3-5-11-16)26-19-14-8-6-12-17(19)22-24-18-13-7-9-15-20(18)27-22;1-13(16-7-5-6-8-18(16)23(26)27)22(2,3)30-15-10-9-14-11-17(20(24)28-4)21(25)29-19(14)12-15/h3-15H,1-2H3;5-13H,1-4H3. The molecule has 0 aliphatic carbocycles. The van der Waals surface area contributed by atoms with Crippen molar-refractivity contribution in [2.75, 3.05) is 7.11 Å². The highest BCUT2D eigenvalue weighted by atomic mass is 32.1. The summed E-state index contributed by atoms with van der Waals surface area (Å²) in [5, 5.41) is 12.8. The first kappa shape index (κ1) is 40.0. The van der Waals surface area contributed by atoms with Crippen molar-refractivity contribution in [2.45, 2.75) is 51.7 Å². The van der Waals surface area contributed by atoms with Crippen LogP contribution in [0.15, 0.2) is 137 Å². The number of ether oxygens (including phenoxy) is 3. The molecule has 0 bridgehead atoms. The van der Waals surface area contributed by atoms with Gasteiger partial charge < -0.3 is 18.6 Å². The van der Waals surface area contributed by atoms with E-state index in [4.69, 9.17) is 18.9 Å². The van der Waals surface area contributed by atoms with E-state index in [0.29, 0.717) is 28.0 Å². The average molecular weight is 785 g/mol. The van der Waals surface area contributed by atoms with Crippen molar-refractivity contribution in [1.29, 1.82) is 0 Å². The number of para-hydroxylation sites is 3. The van der Waals surface area contributed by atoms with Gasteiger partial charge in [0.15, 0.2) is 5.60 Å². The summed E-state index contributed by atoms with van der Waals surface area (Å²) in [6.07, 6.45) is 0. The number of thiazole rings is 1. The van der Waals surface area contributed by atoms with E-state index in [0.717, 1.165) is 20.8 Å². The normalized spacial score (nSPS) is 12.0. The molecule has 0 aliphatic rings. The molecule has 11 nitrogen and oxygen atoms in total. The molecule has 7 rings (SSSR count). The lowest BCUT2D eigenvalue weighted by atomic mass is 9.85.